The van der Waals surface area contributed by atoms with Gasteiger partial charge in [0.2, 0.25) is 5.95 Å². The van der Waals surface area contributed by atoms with E-state index in [2.05, 4.69) is 20.3 Å². The van der Waals surface area contributed by atoms with Crippen molar-refractivity contribution in [2.75, 3.05) is 5.32 Å². The Kier molecular flexibility index (Phi) is 3.17. The monoisotopic (exact) mass is 240 g/mol. The minimum Gasteiger partial charge on any atom is -0.351 e. The molecule has 1 fully saturated rings. The maximum absolute atomic E-state index is 4.54. The number of nitrogens with one attached hydrogen (secondary N) is 1. The van der Waals surface area contributed by atoms with E-state index in [1.165, 1.54) is 25.7 Å². The van der Waals surface area contributed by atoms with E-state index in [4.69, 9.17) is 0 Å². The highest BCUT2D eigenvalue weighted by atomic mass is 15.1. The van der Waals surface area contributed by atoms with Crippen molar-refractivity contribution < 1.29 is 0 Å². The summed E-state index contributed by atoms with van der Waals surface area (Å²) in [5.74, 6) is 0.725. The summed E-state index contributed by atoms with van der Waals surface area (Å²) in [6.07, 6.45) is 10.4. The van der Waals surface area contributed by atoms with Crippen LogP contribution in [-0.4, -0.2) is 21.0 Å². The van der Waals surface area contributed by atoms with Crippen molar-refractivity contribution in [1.82, 2.24) is 15.0 Å². The normalized spacial score (nSPS) is 15.8. The average molecular weight is 240 g/mol. The highest BCUT2D eigenvalue weighted by molar-refractivity contribution is 5.58. The van der Waals surface area contributed by atoms with Crippen LogP contribution >= 0.6 is 0 Å². The van der Waals surface area contributed by atoms with E-state index in [1.54, 1.807) is 12.4 Å². The molecule has 4 heteroatoms. The third-order valence-electron chi connectivity index (χ3n) is 3.30. The third-order valence-corrected chi connectivity index (χ3v) is 3.30. The van der Waals surface area contributed by atoms with Crippen molar-refractivity contribution in [3.63, 3.8) is 0 Å². The molecule has 2 aromatic heterocycles. The molecule has 0 unspecified atom stereocenters. The van der Waals surface area contributed by atoms with Gasteiger partial charge in [-0.25, -0.2) is 9.97 Å². The van der Waals surface area contributed by atoms with Crippen LogP contribution in [0.15, 0.2) is 36.8 Å². The first kappa shape index (κ1) is 11.1. The first-order chi connectivity index (χ1) is 8.92. The molecule has 0 amide bonds. The summed E-state index contributed by atoms with van der Waals surface area (Å²) in [5, 5.41) is 3.41. The van der Waals surface area contributed by atoms with E-state index in [9.17, 15) is 0 Å². The van der Waals surface area contributed by atoms with Gasteiger partial charge in [0.25, 0.3) is 0 Å². The Balaban J connectivity index is 1.80. The van der Waals surface area contributed by atoms with E-state index < -0.39 is 0 Å². The Morgan fingerprint density at radius 1 is 1.11 bits per heavy atom. The predicted molar refractivity (Wildman–Crippen MR) is 71.1 cm³/mol. The molecule has 0 atom stereocenters. The van der Waals surface area contributed by atoms with Crippen molar-refractivity contribution in [3.8, 4) is 11.3 Å². The van der Waals surface area contributed by atoms with Crippen LogP contribution in [0, 0.1) is 0 Å². The minimum absolute atomic E-state index is 0.536. The van der Waals surface area contributed by atoms with Gasteiger partial charge in [-0.15, -0.1) is 0 Å². The van der Waals surface area contributed by atoms with E-state index in [1.807, 2.05) is 24.4 Å². The molecule has 2 heterocycles. The van der Waals surface area contributed by atoms with Crippen LogP contribution in [0.5, 0.6) is 0 Å². The summed E-state index contributed by atoms with van der Waals surface area (Å²) < 4.78 is 0. The van der Waals surface area contributed by atoms with Gasteiger partial charge >= 0.3 is 0 Å². The van der Waals surface area contributed by atoms with Gasteiger partial charge in [-0.2, -0.15) is 0 Å². The van der Waals surface area contributed by atoms with Gasteiger partial charge in [-0.3, -0.25) is 4.98 Å². The second-order valence-electron chi connectivity index (χ2n) is 4.63. The van der Waals surface area contributed by atoms with Crippen LogP contribution < -0.4 is 5.32 Å². The molecule has 92 valence electrons. The lowest BCUT2D eigenvalue weighted by Gasteiger charge is -2.12. The SMILES string of the molecule is c1cncc(-c2ccnc(NC3CCCC3)n2)c1. The summed E-state index contributed by atoms with van der Waals surface area (Å²) in [6.45, 7) is 0. The maximum atomic E-state index is 4.54. The molecule has 1 saturated carbocycles. The number of aromatic nitrogens is 3. The second kappa shape index (κ2) is 5.12. The first-order valence-electron chi connectivity index (χ1n) is 6.42. The summed E-state index contributed by atoms with van der Waals surface area (Å²) in [7, 11) is 0. The molecule has 1 N–H and O–H groups in total. The zero-order valence-electron chi connectivity index (χ0n) is 10.2. The summed E-state index contributed by atoms with van der Waals surface area (Å²) >= 11 is 0. The van der Waals surface area contributed by atoms with Crippen LogP contribution in [0.2, 0.25) is 0 Å². The Morgan fingerprint density at radius 3 is 2.78 bits per heavy atom. The molecule has 0 bridgehead atoms. The maximum Gasteiger partial charge on any atom is 0.223 e. The molecule has 1 aliphatic rings. The van der Waals surface area contributed by atoms with Crippen molar-refractivity contribution in [2.45, 2.75) is 31.7 Å². The van der Waals surface area contributed by atoms with Crippen molar-refractivity contribution in [1.29, 1.82) is 0 Å². The summed E-state index contributed by atoms with van der Waals surface area (Å²) in [5.41, 5.74) is 1.94. The smallest absolute Gasteiger partial charge is 0.223 e. The minimum atomic E-state index is 0.536. The Hall–Kier alpha value is -1.97. The molecule has 2 aromatic rings. The van der Waals surface area contributed by atoms with Gasteiger partial charge in [0.05, 0.1) is 5.69 Å². The quantitative estimate of drug-likeness (QED) is 0.896. The van der Waals surface area contributed by atoms with Gasteiger partial charge in [0.1, 0.15) is 0 Å². The molecule has 0 aromatic carbocycles. The molecular weight excluding hydrogens is 224 g/mol. The van der Waals surface area contributed by atoms with Gasteiger partial charge < -0.3 is 5.32 Å². The topological polar surface area (TPSA) is 50.7 Å². The first-order valence-corrected chi connectivity index (χ1v) is 6.42. The summed E-state index contributed by atoms with van der Waals surface area (Å²) in [6, 6.07) is 6.38. The van der Waals surface area contributed by atoms with Crippen molar-refractivity contribution >= 4 is 5.95 Å². The lowest BCUT2D eigenvalue weighted by Crippen LogP contribution is -2.16. The van der Waals surface area contributed by atoms with E-state index in [0.717, 1.165) is 17.2 Å². The predicted octanol–water partition coefficient (Wildman–Crippen LogP) is 2.89. The number of pyridine rings is 1. The molecular formula is C14H16N4. The molecule has 0 aliphatic heterocycles. The Labute approximate surface area is 107 Å². The second-order valence-corrected chi connectivity index (χ2v) is 4.63. The van der Waals surface area contributed by atoms with Gasteiger partial charge in [0.15, 0.2) is 0 Å². The highest BCUT2D eigenvalue weighted by Crippen LogP contribution is 2.22. The van der Waals surface area contributed by atoms with Crippen LogP contribution in [0.3, 0.4) is 0 Å². The third kappa shape index (κ3) is 2.47. The van der Waals surface area contributed by atoms with Crippen molar-refractivity contribution in [3.05, 3.63) is 36.8 Å². The van der Waals surface area contributed by atoms with E-state index in [0.29, 0.717) is 6.04 Å². The van der Waals surface area contributed by atoms with Crippen LogP contribution in [0.1, 0.15) is 25.7 Å². The lowest BCUT2D eigenvalue weighted by molar-refractivity contribution is 0.744. The highest BCUT2D eigenvalue weighted by Gasteiger charge is 2.15. The van der Waals surface area contributed by atoms with Gasteiger partial charge in [-0.05, 0) is 31.0 Å². The van der Waals surface area contributed by atoms with Crippen LogP contribution in [-0.2, 0) is 0 Å². The zero-order chi connectivity index (χ0) is 12.2. The molecule has 0 spiro atoms. The van der Waals surface area contributed by atoms with Crippen molar-refractivity contribution in [2.24, 2.45) is 0 Å². The standard InChI is InChI=1S/C14H16N4/c1-2-6-12(5-1)17-14-16-9-7-13(18-14)11-4-3-8-15-10-11/h3-4,7-10,12H,1-2,5-6H2,(H,16,17,18). The number of nitrogens with zero attached hydrogens (tertiary/aromatic N) is 3. The molecule has 0 radical (unpaired) electrons. The molecule has 1 aliphatic carbocycles. The average Bonchev–Trinajstić information content (AvgIpc) is 2.93. The van der Waals surface area contributed by atoms with Crippen LogP contribution in [0.25, 0.3) is 11.3 Å². The molecule has 0 saturated heterocycles. The Bertz CT molecular complexity index is 506. The number of hydrogen-bond acceptors (Lipinski definition) is 4. The molecule has 3 rings (SSSR count). The molecule has 4 nitrogen and oxygen atoms in total. The fourth-order valence-corrected chi connectivity index (χ4v) is 2.36. The lowest BCUT2D eigenvalue weighted by atomic mass is 10.2. The Morgan fingerprint density at radius 2 is 2.00 bits per heavy atom. The van der Waals surface area contributed by atoms with E-state index >= 15 is 0 Å². The zero-order valence-corrected chi connectivity index (χ0v) is 10.2. The van der Waals surface area contributed by atoms with Gasteiger partial charge in [0, 0.05) is 30.2 Å². The largest absolute Gasteiger partial charge is 0.351 e. The fourth-order valence-electron chi connectivity index (χ4n) is 2.36. The van der Waals surface area contributed by atoms with Gasteiger partial charge in [-0.1, -0.05) is 12.8 Å². The fraction of sp³-hybridized carbons (Fsp3) is 0.357. The number of anilines is 1. The number of rotatable bonds is 3. The summed E-state index contributed by atoms with van der Waals surface area (Å²) in [4.78, 5) is 12.9. The molecule has 18 heavy (non-hydrogen) atoms. The number of hydrogen-bond donors (Lipinski definition) is 1. The van der Waals surface area contributed by atoms with E-state index in [-0.39, 0.29) is 0 Å². The van der Waals surface area contributed by atoms with Crippen LogP contribution in [0.4, 0.5) is 5.95 Å².